The SMILES string of the molecule is CCOc1ccc(-c2cncn2CCNC)cc1. The number of aromatic nitrogens is 2. The molecule has 4 heteroatoms. The smallest absolute Gasteiger partial charge is 0.119 e. The Labute approximate surface area is 108 Å². The quantitative estimate of drug-likeness (QED) is 0.847. The molecule has 0 saturated carbocycles. The fraction of sp³-hybridized carbons (Fsp3) is 0.357. The van der Waals surface area contributed by atoms with Crippen LogP contribution < -0.4 is 10.1 Å². The third-order valence-electron chi connectivity index (χ3n) is 2.78. The van der Waals surface area contributed by atoms with Gasteiger partial charge in [-0.15, -0.1) is 0 Å². The fourth-order valence-electron chi connectivity index (χ4n) is 1.86. The van der Waals surface area contributed by atoms with Gasteiger partial charge in [-0.3, -0.25) is 0 Å². The Morgan fingerprint density at radius 2 is 2.06 bits per heavy atom. The van der Waals surface area contributed by atoms with Gasteiger partial charge in [0.2, 0.25) is 0 Å². The van der Waals surface area contributed by atoms with Crippen molar-refractivity contribution in [2.45, 2.75) is 13.5 Å². The van der Waals surface area contributed by atoms with Crippen molar-refractivity contribution < 1.29 is 4.74 Å². The molecule has 96 valence electrons. The largest absolute Gasteiger partial charge is 0.494 e. The number of nitrogens with zero attached hydrogens (tertiary/aromatic N) is 2. The number of hydrogen-bond acceptors (Lipinski definition) is 3. The van der Waals surface area contributed by atoms with Gasteiger partial charge in [0.25, 0.3) is 0 Å². The van der Waals surface area contributed by atoms with Crippen molar-refractivity contribution in [1.82, 2.24) is 14.9 Å². The lowest BCUT2D eigenvalue weighted by Crippen LogP contribution is -2.14. The average Bonchev–Trinajstić information content (AvgIpc) is 2.86. The molecule has 2 aromatic rings. The molecule has 0 aliphatic heterocycles. The molecule has 0 aliphatic carbocycles. The standard InChI is InChI=1S/C14H19N3O/c1-3-18-13-6-4-12(5-7-13)14-10-16-11-17(14)9-8-15-2/h4-7,10-11,15H,3,8-9H2,1-2H3. The van der Waals surface area contributed by atoms with E-state index in [1.54, 1.807) is 0 Å². The molecule has 1 aromatic carbocycles. The minimum atomic E-state index is 0.694. The molecule has 0 fully saturated rings. The molecule has 2 rings (SSSR count). The Bertz CT molecular complexity index is 476. The number of ether oxygens (including phenoxy) is 1. The van der Waals surface area contributed by atoms with Gasteiger partial charge in [0.15, 0.2) is 0 Å². The van der Waals surface area contributed by atoms with Crippen LogP contribution in [0.4, 0.5) is 0 Å². The number of benzene rings is 1. The van der Waals surface area contributed by atoms with Crippen LogP contribution in [-0.4, -0.2) is 29.8 Å². The van der Waals surface area contributed by atoms with Gasteiger partial charge in [-0.05, 0) is 38.2 Å². The van der Waals surface area contributed by atoms with E-state index in [1.165, 1.54) is 0 Å². The van der Waals surface area contributed by atoms with E-state index in [2.05, 4.69) is 27.0 Å². The highest BCUT2D eigenvalue weighted by Gasteiger charge is 2.04. The van der Waals surface area contributed by atoms with Crippen molar-refractivity contribution >= 4 is 0 Å². The van der Waals surface area contributed by atoms with E-state index < -0.39 is 0 Å². The van der Waals surface area contributed by atoms with Gasteiger partial charge in [0.1, 0.15) is 5.75 Å². The number of nitrogens with one attached hydrogen (secondary N) is 1. The van der Waals surface area contributed by atoms with Crippen molar-refractivity contribution in [3.63, 3.8) is 0 Å². The van der Waals surface area contributed by atoms with Crippen molar-refractivity contribution in [3.05, 3.63) is 36.8 Å². The summed E-state index contributed by atoms with van der Waals surface area (Å²) in [6.45, 7) is 4.53. The summed E-state index contributed by atoms with van der Waals surface area (Å²) in [5, 5.41) is 3.14. The zero-order chi connectivity index (χ0) is 12.8. The van der Waals surface area contributed by atoms with Gasteiger partial charge in [-0.2, -0.15) is 0 Å². The van der Waals surface area contributed by atoms with Crippen LogP contribution in [0.15, 0.2) is 36.8 Å². The molecule has 0 radical (unpaired) electrons. The molecule has 0 bridgehead atoms. The number of hydrogen-bond donors (Lipinski definition) is 1. The first kappa shape index (κ1) is 12.6. The maximum Gasteiger partial charge on any atom is 0.119 e. The van der Waals surface area contributed by atoms with Gasteiger partial charge in [-0.1, -0.05) is 0 Å². The lowest BCUT2D eigenvalue weighted by atomic mass is 10.1. The first-order valence-corrected chi connectivity index (χ1v) is 6.23. The van der Waals surface area contributed by atoms with Crippen molar-refractivity contribution in [3.8, 4) is 17.0 Å². The monoisotopic (exact) mass is 245 g/mol. The van der Waals surface area contributed by atoms with Gasteiger partial charge in [0, 0.05) is 18.7 Å². The van der Waals surface area contributed by atoms with Crippen LogP contribution in [0.3, 0.4) is 0 Å². The minimum Gasteiger partial charge on any atom is -0.494 e. The van der Waals surface area contributed by atoms with Gasteiger partial charge < -0.3 is 14.6 Å². The van der Waals surface area contributed by atoms with Gasteiger partial charge in [0.05, 0.1) is 24.8 Å². The van der Waals surface area contributed by atoms with E-state index >= 15 is 0 Å². The van der Waals surface area contributed by atoms with E-state index in [1.807, 2.05) is 38.6 Å². The Morgan fingerprint density at radius 1 is 1.28 bits per heavy atom. The normalized spacial score (nSPS) is 10.6. The zero-order valence-electron chi connectivity index (χ0n) is 10.9. The molecule has 1 heterocycles. The highest BCUT2D eigenvalue weighted by atomic mass is 16.5. The molecule has 0 saturated heterocycles. The highest BCUT2D eigenvalue weighted by Crippen LogP contribution is 2.22. The van der Waals surface area contributed by atoms with Crippen LogP contribution in [0, 0.1) is 0 Å². The van der Waals surface area contributed by atoms with E-state index in [0.29, 0.717) is 6.61 Å². The number of imidazole rings is 1. The summed E-state index contributed by atoms with van der Waals surface area (Å²) in [6.07, 6.45) is 3.76. The summed E-state index contributed by atoms with van der Waals surface area (Å²) >= 11 is 0. The van der Waals surface area contributed by atoms with E-state index in [9.17, 15) is 0 Å². The van der Waals surface area contributed by atoms with Crippen LogP contribution in [0.2, 0.25) is 0 Å². The lowest BCUT2D eigenvalue weighted by molar-refractivity contribution is 0.340. The Kier molecular flexibility index (Phi) is 4.36. The van der Waals surface area contributed by atoms with Gasteiger partial charge in [-0.25, -0.2) is 4.98 Å². The second-order valence-electron chi connectivity index (χ2n) is 4.03. The molecule has 0 spiro atoms. The van der Waals surface area contributed by atoms with Crippen molar-refractivity contribution in [1.29, 1.82) is 0 Å². The zero-order valence-corrected chi connectivity index (χ0v) is 10.9. The summed E-state index contributed by atoms with van der Waals surface area (Å²) in [7, 11) is 1.95. The summed E-state index contributed by atoms with van der Waals surface area (Å²) in [6, 6.07) is 8.12. The Morgan fingerprint density at radius 3 is 2.72 bits per heavy atom. The van der Waals surface area contributed by atoms with E-state index in [4.69, 9.17) is 4.74 Å². The number of likely N-dealkylation sites (N-methyl/N-ethyl adjacent to an activating group) is 1. The molecule has 4 nitrogen and oxygen atoms in total. The summed E-state index contributed by atoms with van der Waals surface area (Å²) in [5.41, 5.74) is 2.29. The molecular weight excluding hydrogens is 226 g/mol. The molecule has 0 amide bonds. The Balaban J connectivity index is 2.17. The highest BCUT2D eigenvalue weighted by molar-refractivity contribution is 5.59. The summed E-state index contributed by atoms with van der Waals surface area (Å²) < 4.78 is 7.59. The predicted octanol–water partition coefficient (Wildman–Crippen LogP) is 2.17. The third kappa shape index (κ3) is 2.90. The van der Waals surface area contributed by atoms with Crippen LogP contribution in [-0.2, 0) is 6.54 Å². The van der Waals surface area contributed by atoms with Gasteiger partial charge >= 0.3 is 0 Å². The lowest BCUT2D eigenvalue weighted by Gasteiger charge is -2.09. The van der Waals surface area contributed by atoms with Crippen LogP contribution in [0.5, 0.6) is 5.75 Å². The summed E-state index contributed by atoms with van der Waals surface area (Å²) in [5.74, 6) is 0.905. The minimum absolute atomic E-state index is 0.694. The second-order valence-corrected chi connectivity index (χ2v) is 4.03. The van der Waals surface area contributed by atoms with Crippen LogP contribution in [0.1, 0.15) is 6.92 Å². The molecule has 18 heavy (non-hydrogen) atoms. The first-order valence-electron chi connectivity index (χ1n) is 6.23. The van der Waals surface area contributed by atoms with Crippen LogP contribution in [0.25, 0.3) is 11.3 Å². The molecule has 1 N–H and O–H groups in total. The average molecular weight is 245 g/mol. The van der Waals surface area contributed by atoms with E-state index in [-0.39, 0.29) is 0 Å². The van der Waals surface area contributed by atoms with Crippen molar-refractivity contribution in [2.75, 3.05) is 20.2 Å². The first-order chi connectivity index (χ1) is 8.85. The molecule has 1 aromatic heterocycles. The molecule has 0 unspecified atom stereocenters. The molecular formula is C14H19N3O. The predicted molar refractivity (Wildman–Crippen MR) is 72.8 cm³/mol. The van der Waals surface area contributed by atoms with Crippen LogP contribution >= 0.6 is 0 Å². The summed E-state index contributed by atoms with van der Waals surface area (Å²) in [4.78, 5) is 4.21. The maximum absolute atomic E-state index is 5.44. The Hall–Kier alpha value is -1.81. The second kappa shape index (κ2) is 6.21. The molecule has 0 atom stereocenters. The van der Waals surface area contributed by atoms with E-state index in [0.717, 1.165) is 30.1 Å². The van der Waals surface area contributed by atoms with Crippen molar-refractivity contribution in [2.24, 2.45) is 0 Å². The third-order valence-corrected chi connectivity index (χ3v) is 2.78. The number of rotatable bonds is 6. The topological polar surface area (TPSA) is 39.1 Å². The maximum atomic E-state index is 5.44. The molecule has 0 aliphatic rings. The fourth-order valence-corrected chi connectivity index (χ4v) is 1.86.